The van der Waals surface area contributed by atoms with Gasteiger partial charge in [0.05, 0.1) is 4.92 Å². The molecule has 7 heteroatoms. The Hall–Kier alpha value is -2.31. The lowest BCUT2D eigenvalue weighted by atomic mass is 10.2. The second kappa shape index (κ2) is 5.55. The van der Waals surface area contributed by atoms with Crippen molar-refractivity contribution in [3.8, 4) is 0 Å². The Morgan fingerprint density at radius 1 is 1.42 bits per heavy atom. The highest BCUT2D eigenvalue weighted by molar-refractivity contribution is 5.77. The number of nitro benzene ring substituents is 1. The number of benzene rings is 1. The van der Waals surface area contributed by atoms with E-state index in [0.29, 0.717) is 30.4 Å². The number of carbonyl (C=O) groups is 1. The lowest BCUT2D eigenvalue weighted by Crippen LogP contribution is -2.27. The van der Waals surface area contributed by atoms with Gasteiger partial charge in [0.15, 0.2) is 0 Å². The lowest BCUT2D eigenvalue weighted by Gasteiger charge is -2.07. The molecule has 0 saturated heterocycles. The average Bonchev–Trinajstić information content (AvgIpc) is 3.12. The summed E-state index contributed by atoms with van der Waals surface area (Å²) in [5, 5.41) is 16.5. The number of anilines is 2. The van der Waals surface area contributed by atoms with E-state index in [1.54, 1.807) is 6.07 Å². The van der Waals surface area contributed by atoms with Crippen LogP contribution in [0.2, 0.25) is 0 Å². The number of carbonyl (C=O) groups excluding carboxylic acids is 1. The van der Waals surface area contributed by atoms with E-state index in [2.05, 4.69) is 10.6 Å². The average molecular weight is 264 g/mol. The van der Waals surface area contributed by atoms with E-state index >= 15 is 0 Å². The summed E-state index contributed by atoms with van der Waals surface area (Å²) in [6, 6.07) is 4.65. The molecule has 0 spiro atoms. The molecule has 102 valence electrons. The first-order chi connectivity index (χ1) is 9.04. The van der Waals surface area contributed by atoms with E-state index in [-0.39, 0.29) is 11.6 Å². The molecule has 0 unspecified atom stereocenters. The molecule has 1 amide bonds. The number of hydrogen-bond acceptors (Lipinski definition) is 5. The first-order valence-electron chi connectivity index (χ1n) is 6.13. The molecule has 1 saturated carbocycles. The van der Waals surface area contributed by atoms with Crippen molar-refractivity contribution in [3.05, 3.63) is 28.3 Å². The van der Waals surface area contributed by atoms with Gasteiger partial charge in [0.25, 0.3) is 5.69 Å². The molecule has 0 atom stereocenters. The van der Waals surface area contributed by atoms with Crippen molar-refractivity contribution in [2.24, 2.45) is 0 Å². The zero-order valence-corrected chi connectivity index (χ0v) is 10.4. The number of amides is 1. The Bertz CT molecular complexity index is 500. The van der Waals surface area contributed by atoms with Gasteiger partial charge in [-0.15, -0.1) is 0 Å². The number of rotatable bonds is 6. The highest BCUT2D eigenvalue weighted by atomic mass is 16.6. The van der Waals surface area contributed by atoms with Crippen LogP contribution in [0.3, 0.4) is 0 Å². The number of nitrogens with two attached hydrogens (primary N) is 1. The summed E-state index contributed by atoms with van der Waals surface area (Å²) in [7, 11) is 0. The maximum Gasteiger partial charge on any atom is 0.273 e. The van der Waals surface area contributed by atoms with Crippen LogP contribution in [0.5, 0.6) is 0 Å². The largest absolute Gasteiger partial charge is 0.398 e. The van der Waals surface area contributed by atoms with E-state index in [9.17, 15) is 14.9 Å². The van der Waals surface area contributed by atoms with Crippen LogP contribution in [0.1, 0.15) is 19.3 Å². The van der Waals surface area contributed by atoms with Crippen molar-refractivity contribution < 1.29 is 9.72 Å². The van der Waals surface area contributed by atoms with Crippen LogP contribution in [0, 0.1) is 10.1 Å². The minimum atomic E-state index is -0.499. The molecular formula is C12H16N4O3. The maximum atomic E-state index is 11.4. The molecule has 7 nitrogen and oxygen atoms in total. The van der Waals surface area contributed by atoms with Crippen LogP contribution in [0.15, 0.2) is 18.2 Å². The number of nitrogen functional groups attached to an aromatic ring is 1. The van der Waals surface area contributed by atoms with Crippen LogP contribution >= 0.6 is 0 Å². The highest BCUT2D eigenvalue weighted by Gasteiger charge is 2.22. The normalized spacial score (nSPS) is 13.9. The van der Waals surface area contributed by atoms with E-state index in [4.69, 9.17) is 5.73 Å². The van der Waals surface area contributed by atoms with Gasteiger partial charge in [-0.25, -0.2) is 0 Å². The SMILES string of the molecule is Nc1cc(NCCC(=O)NC2CC2)cc([N+](=O)[O-])c1. The van der Waals surface area contributed by atoms with Crippen molar-refractivity contribution in [1.82, 2.24) is 5.32 Å². The van der Waals surface area contributed by atoms with Crippen molar-refractivity contribution >= 4 is 23.0 Å². The number of nitrogens with zero attached hydrogens (tertiary/aromatic N) is 1. The molecule has 1 aromatic rings. The maximum absolute atomic E-state index is 11.4. The number of nitro groups is 1. The highest BCUT2D eigenvalue weighted by Crippen LogP contribution is 2.22. The molecule has 0 bridgehead atoms. The first kappa shape index (κ1) is 13.1. The molecular weight excluding hydrogens is 248 g/mol. The van der Waals surface area contributed by atoms with Gasteiger partial charge in [0, 0.05) is 42.5 Å². The molecule has 2 rings (SSSR count). The standard InChI is InChI=1S/C12H16N4O3/c13-8-5-10(7-11(6-8)16(18)19)14-4-3-12(17)15-9-1-2-9/h5-7,9,14H,1-4,13H2,(H,15,17). The van der Waals surface area contributed by atoms with Gasteiger partial charge in [-0.1, -0.05) is 0 Å². The van der Waals surface area contributed by atoms with Crippen molar-refractivity contribution in [1.29, 1.82) is 0 Å². The summed E-state index contributed by atoms with van der Waals surface area (Å²) in [5.74, 6) is -0.00611. The number of nitrogens with one attached hydrogen (secondary N) is 2. The van der Waals surface area contributed by atoms with Crippen molar-refractivity contribution in [3.63, 3.8) is 0 Å². The minimum Gasteiger partial charge on any atom is -0.398 e. The summed E-state index contributed by atoms with van der Waals surface area (Å²) in [6.07, 6.45) is 2.44. The summed E-state index contributed by atoms with van der Waals surface area (Å²) >= 11 is 0. The summed E-state index contributed by atoms with van der Waals surface area (Å²) < 4.78 is 0. The molecule has 1 fully saturated rings. The van der Waals surface area contributed by atoms with E-state index in [1.165, 1.54) is 12.1 Å². The van der Waals surface area contributed by atoms with Crippen LogP contribution in [0.4, 0.5) is 17.1 Å². The third-order valence-electron chi connectivity index (χ3n) is 2.77. The molecule has 1 aliphatic rings. The smallest absolute Gasteiger partial charge is 0.273 e. The van der Waals surface area contributed by atoms with Gasteiger partial charge in [0.2, 0.25) is 5.91 Å². The van der Waals surface area contributed by atoms with Gasteiger partial charge in [-0.2, -0.15) is 0 Å². The number of hydrogen-bond donors (Lipinski definition) is 3. The molecule has 4 N–H and O–H groups in total. The summed E-state index contributed by atoms with van der Waals surface area (Å²) in [4.78, 5) is 21.6. The van der Waals surface area contributed by atoms with Gasteiger partial charge >= 0.3 is 0 Å². The quantitative estimate of drug-likeness (QED) is 0.407. The molecule has 0 aliphatic heterocycles. The summed E-state index contributed by atoms with van der Waals surface area (Å²) in [6.45, 7) is 0.416. The molecule has 0 heterocycles. The predicted molar refractivity (Wildman–Crippen MR) is 71.8 cm³/mol. The monoisotopic (exact) mass is 264 g/mol. The van der Waals surface area contributed by atoms with Crippen molar-refractivity contribution in [2.45, 2.75) is 25.3 Å². The lowest BCUT2D eigenvalue weighted by molar-refractivity contribution is -0.384. The fourth-order valence-corrected chi connectivity index (χ4v) is 1.69. The van der Waals surface area contributed by atoms with Crippen LogP contribution < -0.4 is 16.4 Å². The van der Waals surface area contributed by atoms with Gasteiger partial charge < -0.3 is 16.4 Å². The molecule has 1 aliphatic carbocycles. The Balaban J connectivity index is 1.84. The topological polar surface area (TPSA) is 110 Å². The predicted octanol–water partition coefficient (Wildman–Crippen LogP) is 1.26. The van der Waals surface area contributed by atoms with Crippen LogP contribution in [0.25, 0.3) is 0 Å². The third kappa shape index (κ3) is 4.13. The van der Waals surface area contributed by atoms with E-state index in [0.717, 1.165) is 12.8 Å². The summed E-state index contributed by atoms with van der Waals surface area (Å²) in [5.41, 5.74) is 6.38. The van der Waals surface area contributed by atoms with E-state index in [1.807, 2.05) is 0 Å². The van der Waals surface area contributed by atoms with Crippen LogP contribution in [-0.4, -0.2) is 23.4 Å². The Kier molecular flexibility index (Phi) is 3.84. The molecule has 1 aromatic carbocycles. The van der Waals surface area contributed by atoms with Crippen molar-refractivity contribution in [2.75, 3.05) is 17.6 Å². The second-order valence-electron chi connectivity index (χ2n) is 4.59. The Morgan fingerprint density at radius 3 is 2.79 bits per heavy atom. The van der Waals surface area contributed by atoms with Gasteiger partial charge in [-0.3, -0.25) is 14.9 Å². The molecule has 0 radical (unpaired) electrons. The van der Waals surface area contributed by atoms with E-state index < -0.39 is 4.92 Å². The number of non-ortho nitro benzene ring substituents is 1. The van der Waals surface area contributed by atoms with Gasteiger partial charge in [0.1, 0.15) is 0 Å². The first-order valence-corrected chi connectivity index (χ1v) is 6.13. The minimum absolute atomic E-state index is 0.00611. The zero-order chi connectivity index (χ0) is 13.8. The fourth-order valence-electron chi connectivity index (χ4n) is 1.69. The Morgan fingerprint density at radius 2 is 2.16 bits per heavy atom. The van der Waals surface area contributed by atoms with Gasteiger partial charge in [-0.05, 0) is 18.9 Å². The molecule has 0 aromatic heterocycles. The van der Waals surface area contributed by atoms with Crippen LogP contribution in [-0.2, 0) is 4.79 Å². The third-order valence-corrected chi connectivity index (χ3v) is 2.77. The Labute approximate surface area is 110 Å². The zero-order valence-electron chi connectivity index (χ0n) is 10.4. The second-order valence-corrected chi connectivity index (χ2v) is 4.59. The molecule has 19 heavy (non-hydrogen) atoms. The fraction of sp³-hybridized carbons (Fsp3) is 0.417.